The SMILES string of the molecule is Nc1cc(C(F)(F)F)c2nc1-c1nnc(o1)[C@@](O)(C(F)(F)F)CCCCCN(C1CCS(=O)(=O)CC1)C2=O. The third-order valence-corrected chi connectivity index (χ3v) is 8.39. The molecule has 4 bridgehead atoms. The second-order valence-corrected chi connectivity index (χ2v) is 11.6. The zero-order chi connectivity index (χ0) is 28.1. The third kappa shape index (κ3) is 5.30. The number of aliphatic hydroxyl groups is 1. The van der Waals surface area contributed by atoms with Gasteiger partial charge >= 0.3 is 12.4 Å². The molecule has 2 aliphatic rings. The Hall–Kier alpha value is -2.95. The molecule has 1 saturated heterocycles. The number of carbonyl (C=O) groups excluding carboxylic acids is 1. The van der Waals surface area contributed by atoms with Gasteiger partial charge in [-0.05, 0) is 38.2 Å². The lowest BCUT2D eigenvalue weighted by atomic mass is 9.95. The molecule has 4 rings (SSSR count). The van der Waals surface area contributed by atoms with Gasteiger partial charge < -0.3 is 20.2 Å². The molecule has 2 aliphatic heterocycles. The van der Waals surface area contributed by atoms with E-state index in [9.17, 15) is 44.7 Å². The number of nitrogen functional groups attached to an aromatic ring is 1. The lowest BCUT2D eigenvalue weighted by molar-refractivity contribution is -0.277. The van der Waals surface area contributed by atoms with Gasteiger partial charge in [-0.25, -0.2) is 13.4 Å². The Balaban J connectivity index is 1.87. The van der Waals surface area contributed by atoms with E-state index in [1.807, 2.05) is 0 Å². The van der Waals surface area contributed by atoms with Crippen molar-refractivity contribution < 1.29 is 49.1 Å². The fourth-order valence-corrected chi connectivity index (χ4v) is 6.02. The summed E-state index contributed by atoms with van der Waals surface area (Å²) in [5.41, 5.74) is -1.80. The molecule has 0 radical (unpaired) electrons. The van der Waals surface area contributed by atoms with E-state index in [1.165, 1.54) is 0 Å². The van der Waals surface area contributed by atoms with Gasteiger partial charge in [-0.15, -0.1) is 10.2 Å². The smallest absolute Gasteiger partial charge is 0.416 e. The van der Waals surface area contributed by atoms with Crippen LogP contribution in [0.4, 0.5) is 32.0 Å². The first-order valence-corrected chi connectivity index (χ1v) is 13.4. The van der Waals surface area contributed by atoms with Gasteiger partial charge in [0.15, 0.2) is 5.69 Å². The summed E-state index contributed by atoms with van der Waals surface area (Å²) in [6.45, 7) is -0.176. The van der Waals surface area contributed by atoms with E-state index in [0.29, 0.717) is 6.07 Å². The third-order valence-electron chi connectivity index (χ3n) is 6.67. The number of hydrogen-bond acceptors (Lipinski definition) is 9. The van der Waals surface area contributed by atoms with E-state index in [4.69, 9.17) is 10.2 Å². The van der Waals surface area contributed by atoms with Crippen LogP contribution in [0.15, 0.2) is 10.5 Å². The molecule has 4 heterocycles. The van der Waals surface area contributed by atoms with Crippen LogP contribution >= 0.6 is 0 Å². The van der Waals surface area contributed by atoms with Crippen LogP contribution < -0.4 is 5.73 Å². The topological polar surface area (TPSA) is 153 Å². The van der Waals surface area contributed by atoms with Crippen LogP contribution in [-0.2, 0) is 21.6 Å². The quantitative estimate of drug-likeness (QED) is 0.492. The molecule has 1 atom stereocenters. The Kier molecular flexibility index (Phi) is 7.14. The number of sulfone groups is 1. The summed E-state index contributed by atoms with van der Waals surface area (Å²) in [5.74, 6) is -3.77. The molecule has 1 amide bonds. The Morgan fingerprint density at radius 2 is 1.71 bits per heavy atom. The van der Waals surface area contributed by atoms with Crippen molar-refractivity contribution in [3.8, 4) is 11.6 Å². The molecule has 210 valence electrons. The van der Waals surface area contributed by atoms with Crippen LogP contribution in [0.5, 0.6) is 0 Å². The van der Waals surface area contributed by atoms with Crippen LogP contribution in [0, 0.1) is 0 Å². The summed E-state index contributed by atoms with van der Waals surface area (Å²) in [6.07, 6.45) is -11.4. The summed E-state index contributed by atoms with van der Waals surface area (Å²) in [5, 5.41) is 17.1. The average molecular weight is 572 g/mol. The average Bonchev–Trinajstić information content (AvgIpc) is 3.30. The number of alkyl halides is 6. The van der Waals surface area contributed by atoms with Gasteiger partial charge in [0.1, 0.15) is 15.5 Å². The number of rotatable bonds is 1. The van der Waals surface area contributed by atoms with Gasteiger partial charge in [0.25, 0.3) is 17.7 Å². The molecule has 0 aliphatic carbocycles. The van der Waals surface area contributed by atoms with Gasteiger partial charge in [0, 0.05) is 12.6 Å². The second kappa shape index (κ2) is 9.66. The highest BCUT2D eigenvalue weighted by Crippen LogP contribution is 2.44. The molecule has 17 heteroatoms. The lowest BCUT2D eigenvalue weighted by Gasteiger charge is -2.35. The van der Waals surface area contributed by atoms with Gasteiger partial charge in [0.05, 0.1) is 22.8 Å². The minimum absolute atomic E-state index is 0.0297. The monoisotopic (exact) mass is 571 g/mol. The van der Waals surface area contributed by atoms with Crippen LogP contribution in [0.3, 0.4) is 0 Å². The van der Waals surface area contributed by atoms with Crippen molar-refractivity contribution >= 4 is 21.4 Å². The number of carbonyl (C=O) groups is 1. The molecular weight excluding hydrogens is 548 g/mol. The van der Waals surface area contributed by atoms with Crippen molar-refractivity contribution in [2.24, 2.45) is 0 Å². The maximum absolute atomic E-state index is 13.9. The zero-order valence-electron chi connectivity index (χ0n) is 19.6. The minimum atomic E-state index is -5.23. The molecular formula is C21H23F6N5O5S. The number of aromatic nitrogens is 3. The lowest BCUT2D eigenvalue weighted by Crippen LogP contribution is -2.46. The first kappa shape index (κ1) is 28.1. The van der Waals surface area contributed by atoms with Crippen molar-refractivity contribution in [3.05, 3.63) is 23.2 Å². The van der Waals surface area contributed by atoms with Gasteiger partial charge in [0.2, 0.25) is 5.60 Å². The number of pyridine rings is 1. The molecule has 0 aromatic carbocycles. The minimum Gasteiger partial charge on any atom is -0.416 e. The number of anilines is 1. The maximum atomic E-state index is 13.9. The number of nitrogens with two attached hydrogens (primary N) is 1. The van der Waals surface area contributed by atoms with Crippen molar-refractivity contribution in [2.45, 2.75) is 62.5 Å². The van der Waals surface area contributed by atoms with Crippen LogP contribution in [-0.4, -0.2) is 69.8 Å². The Morgan fingerprint density at radius 3 is 2.32 bits per heavy atom. The number of halogens is 6. The fraction of sp³-hybridized carbons (Fsp3) is 0.619. The van der Waals surface area contributed by atoms with Crippen molar-refractivity contribution in [1.29, 1.82) is 0 Å². The highest BCUT2D eigenvalue weighted by Gasteiger charge is 2.58. The van der Waals surface area contributed by atoms with Crippen LogP contribution in [0.25, 0.3) is 11.6 Å². The second-order valence-electron chi connectivity index (χ2n) is 9.28. The summed E-state index contributed by atoms with van der Waals surface area (Å²) in [6, 6.07) is -0.352. The van der Waals surface area contributed by atoms with Crippen molar-refractivity contribution in [2.75, 3.05) is 23.8 Å². The maximum Gasteiger partial charge on any atom is 0.426 e. The predicted octanol–water partition coefficient (Wildman–Crippen LogP) is 3.08. The molecule has 10 nitrogen and oxygen atoms in total. The van der Waals surface area contributed by atoms with Gasteiger partial charge in [-0.1, -0.05) is 6.42 Å². The highest BCUT2D eigenvalue weighted by atomic mass is 32.2. The first-order chi connectivity index (χ1) is 17.5. The summed E-state index contributed by atoms with van der Waals surface area (Å²) in [4.78, 5) is 18.3. The van der Waals surface area contributed by atoms with E-state index >= 15 is 0 Å². The Morgan fingerprint density at radius 1 is 1.05 bits per heavy atom. The Labute approximate surface area is 212 Å². The van der Waals surface area contributed by atoms with E-state index < -0.39 is 80.6 Å². The summed E-state index contributed by atoms with van der Waals surface area (Å²) in [7, 11) is -3.37. The molecule has 2 aromatic rings. The molecule has 0 saturated carbocycles. The van der Waals surface area contributed by atoms with Crippen LogP contribution in [0.1, 0.15) is 60.5 Å². The summed E-state index contributed by atoms with van der Waals surface area (Å²) < 4.78 is 112. The van der Waals surface area contributed by atoms with Crippen molar-refractivity contribution in [3.63, 3.8) is 0 Å². The van der Waals surface area contributed by atoms with Crippen molar-refractivity contribution in [1.82, 2.24) is 20.1 Å². The molecule has 1 fully saturated rings. The standard InChI is InChI=1S/C21H23F6N5O5S/c22-20(23,24)12-10-13(28)15-16-30-31-18(37-16)19(34,21(25,26)27)6-2-1-3-7-32(17(33)14(12)29-15)11-4-8-38(35,36)9-5-11/h10-11,34H,1-9,28H2/t19-/m1/s1. The number of amides is 1. The number of fused-ring (bicyclic) bond motifs is 5. The number of hydrogen-bond donors (Lipinski definition) is 2. The van der Waals surface area contributed by atoms with Gasteiger partial charge in [-0.2, -0.15) is 26.3 Å². The van der Waals surface area contributed by atoms with Crippen LogP contribution in [0.2, 0.25) is 0 Å². The van der Waals surface area contributed by atoms with E-state index in [-0.39, 0.29) is 50.2 Å². The van der Waals surface area contributed by atoms with Gasteiger partial charge in [-0.3, -0.25) is 4.79 Å². The van der Waals surface area contributed by atoms with E-state index in [1.54, 1.807) is 0 Å². The molecule has 38 heavy (non-hydrogen) atoms. The number of nitrogens with zero attached hydrogens (tertiary/aromatic N) is 4. The predicted molar refractivity (Wildman–Crippen MR) is 118 cm³/mol. The largest absolute Gasteiger partial charge is 0.426 e. The first-order valence-electron chi connectivity index (χ1n) is 11.6. The fourth-order valence-electron chi connectivity index (χ4n) is 4.55. The highest BCUT2D eigenvalue weighted by molar-refractivity contribution is 7.91. The Bertz CT molecular complexity index is 1310. The van der Waals surface area contributed by atoms with E-state index in [0.717, 1.165) is 4.90 Å². The molecule has 0 unspecified atom stereocenters. The molecule has 2 aromatic heterocycles. The molecule has 0 spiro atoms. The summed E-state index contributed by atoms with van der Waals surface area (Å²) >= 11 is 0. The zero-order valence-corrected chi connectivity index (χ0v) is 20.5. The normalized spacial score (nSPS) is 23.8. The van der Waals surface area contributed by atoms with E-state index in [2.05, 4.69) is 15.2 Å². The molecule has 3 N–H and O–H groups in total.